The summed E-state index contributed by atoms with van der Waals surface area (Å²) < 4.78 is 0. The number of urea groups is 1. The molecule has 1 saturated heterocycles. The van der Waals surface area contributed by atoms with Crippen LogP contribution in [0.1, 0.15) is 51.9 Å². The minimum atomic E-state index is 0.00823. The summed E-state index contributed by atoms with van der Waals surface area (Å²) >= 11 is 0. The van der Waals surface area contributed by atoms with Gasteiger partial charge in [0.1, 0.15) is 0 Å². The van der Waals surface area contributed by atoms with Crippen LogP contribution in [0.3, 0.4) is 0 Å². The maximum Gasteiger partial charge on any atom is 0.317 e. The van der Waals surface area contributed by atoms with E-state index in [1.165, 1.54) is 19.3 Å². The molecule has 1 aliphatic heterocycles. The van der Waals surface area contributed by atoms with Gasteiger partial charge in [-0.05, 0) is 44.7 Å². The fraction of sp³-hybridized carbons (Fsp3) is 0.619. The first-order valence-corrected chi connectivity index (χ1v) is 10.1. The number of hydrogen-bond acceptors (Lipinski definition) is 2. The number of likely N-dealkylation sites (tertiary alicyclic amines) is 1. The number of nitrogens with one attached hydrogen (secondary N) is 1. The molecule has 1 N–H and O–H groups in total. The summed E-state index contributed by atoms with van der Waals surface area (Å²) in [6.07, 6.45) is 7.42. The molecule has 3 amide bonds. The first-order chi connectivity index (χ1) is 12.7. The van der Waals surface area contributed by atoms with Gasteiger partial charge in [-0.25, -0.2) is 4.79 Å². The second-order valence-electron chi connectivity index (χ2n) is 7.46. The van der Waals surface area contributed by atoms with Crippen LogP contribution in [0, 0.1) is 5.92 Å². The van der Waals surface area contributed by atoms with Gasteiger partial charge >= 0.3 is 6.03 Å². The van der Waals surface area contributed by atoms with Crippen LogP contribution in [0.2, 0.25) is 0 Å². The Labute approximate surface area is 156 Å². The second-order valence-corrected chi connectivity index (χ2v) is 7.46. The molecular weight excluding hydrogens is 326 g/mol. The Kier molecular flexibility index (Phi) is 6.53. The summed E-state index contributed by atoms with van der Waals surface area (Å²) in [5, 5.41) is 3.18. The Morgan fingerprint density at radius 3 is 2.31 bits per heavy atom. The fourth-order valence-corrected chi connectivity index (χ4v) is 4.14. The lowest BCUT2D eigenvalue weighted by Gasteiger charge is -2.35. The Morgan fingerprint density at radius 2 is 1.69 bits per heavy atom. The predicted molar refractivity (Wildman–Crippen MR) is 104 cm³/mol. The van der Waals surface area contributed by atoms with Crippen LogP contribution < -0.4 is 10.2 Å². The van der Waals surface area contributed by atoms with Crippen LogP contribution in [-0.4, -0.2) is 42.5 Å². The van der Waals surface area contributed by atoms with Crippen molar-refractivity contribution in [2.24, 2.45) is 5.92 Å². The zero-order valence-corrected chi connectivity index (χ0v) is 15.8. The highest BCUT2D eigenvalue weighted by Gasteiger charge is 2.31. The lowest BCUT2D eigenvalue weighted by molar-refractivity contribution is -0.123. The summed E-state index contributed by atoms with van der Waals surface area (Å²) in [6, 6.07) is 10.2. The average molecular weight is 357 g/mol. The Morgan fingerprint density at radius 1 is 1.04 bits per heavy atom. The molecule has 0 radical (unpaired) electrons. The molecule has 1 aromatic carbocycles. The lowest BCUT2D eigenvalue weighted by Crippen LogP contribution is -2.50. The van der Waals surface area contributed by atoms with E-state index >= 15 is 0 Å². The van der Waals surface area contributed by atoms with Crippen molar-refractivity contribution in [2.75, 3.05) is 24.5 Å². The number of amides is 3. The van der Waals surface area contributed by atoms with Crippen LogP contribution >= 0.6 is 0 Å². The first kappa shape index (κ1) is 18.7. The van der Waals surface area contributed by atoms with Crippen LogP contribution in [0.15, 0.2) is 30.3 Å². The van der Waals surface area contributed by atoms with Gasteiger partial charge in [-0.15, -0.1) is 0 Å². The highest BCUT2D eigenvalue weighted by molar-refractivity contribution is 5.95. The molecule has 0 atom stereocenters. The van der Waals surface area contributed by atoms with Gasteiger partial charge in [0.15, 0.2) is 0 Å². The summed E-state index contributed by atoms with van der Waals surface area (Å²) in [5.41, 5.74) is 0.956. The smallest absolute Gasteiger partial charge is 0.317 e. The monoisotopic (exact) mass is 357 g/mol. The molecule has 5 heteroatoms. The second kappa shape index (κ2) is 9.06. The third-order valence-electron chi connectivity index (χ3n) is 5.71. The molecule has 5 nitrogen and oxygen atoms in total. The summed E-state index contributed by atoms with van der Waals surface area (Å²) in [5.74, 6) is 0.194. The number of benzene rings is 1. The lowest BCUT2D eigenvalue weighted by atomic mass is 9.94. The molecule has 2 aliphatic rings. The Balaban J connectivity index is 1.51. The van der Waals surface area contributed by atoms with Gasteiger partial charge in [-0.1, -0.05) is 37.5 Å². The van der Waals surface area contributed by atoms with Crippen LogP contribution in [0.5, 0.6) is 0 Å². The molecule has 2 fully saturated rings. The van der Waals surface area contributed by atoms with Crippen molar-refractivity contribution in [3.8, 4) is 0 Å². The minimum Gasteiger partial charge on any atom is -0.335 e. The van der Waals surface area contributed by atoms with E-state index in [0.29, 0.717) is 25.7 Å². The van der Waals surface area contributed by atoms with Crippen molar-refractivity contribution in [1.29, 1.82) is 0 Å². The van der Waals surface area contributed by atoms with Crippen LogP contribution in [0.25, 0.3) is 0 Å². The molecule has 1 heterocycles. The van der Waals surface area contributed by atoms with Crippen molar-refractivity contribution in [2.45, 2.75) is 57.9 Å². The quantitative estimate of drug-likeness (QED) is 0.891. The molecule has 26 heavy (non-hydrogen) atoms. The minimum absolute atomic E-state index is 0.00823. The van der Waals surface area contributed by atoms with Crippen LogP contribution in [-0.2, 0) is 4.79 Å². The standard InChI is InChI=1S/C21H31N3O2/c1-2-24(19-11-7-4-8-12-19)20(25)17-13-15-23(16-14-17)21(26)22-18-9-5-3-6-10-18/h4,7-8,11-12,17-18H,2-3,5-6,9-10,13-16H2,1H3,(H,22,26). The van der Waals surface area contributed by atoms with Gasteiger partial charge < -0.3 is 15.1 Å². The normalized spacial score (nSPS) is 19.2. The first-order valence-electron chi connectivity index (χ1n) is 10.1. The van der Waals surface area contributed by atoms with E-state index in [9.17, 15) is 9.59 Å². The predicted octanol–water partition coefficient (Wildman–Crippen LogP) is 3.79. The highest BCUT2D eigenvalue weighted by atomic mass is 16.2. The van der Waals surface area contributed by atoms with E-state index in [1.807, 2.05) is 47.1 Å². The zero-order valence-electron chi connectivity index (χ0n) is 15.8. The molecule has 0 unspecified atom stereocenters. The van der Waals surface area contributed by atoms with Gasteiger partial charge in [0.05, 0.1) is 0 Å². The van der Waals surface area contributed by atoms with Crippen LogP contribution in [0.4, 0.5) is 10.5 Å². The van der Waals surface area contributed by atoms with E-state index < -0.39 is 0 Å². The molecule has 142 valence electrons. The Bertz CT molecular complexity index is 591. The maximum absolute atomic E-state index is 12.9. The molecule has 3 rings (SSSR count). The number of carbonyl (C=O) groups is 2. The Hall–Kier alpha value is -2.04. The fourth-order valence-electron chi connectivity index (χ4n) is 4.14. The van der Waals surface area contributed by atoms with E-state index in [-0.39, 0.29) is 17.9 Å². The summed E-state index contributed by atoms with van der Waals surface area (Å²) in [7, 11) is 0. The number of rotatable bonds is 4. The van der Waals surface area contributed by atoms with Gasteiger partial charge in [-0.2, -0.15) is 0 Å². The highest BCUT2D eigenvalue weighted by Crippen LogP contribution is 2.24. The van der Waals surface area contributed by atoms with Gasteiger partial charge in [0.25, 0.3) is 0 Å². The number of nitrogens with zero attached hydrogens (tertiary/aromatic N) is 2. The van der Waals surface area contributed by atoms with Gasteiger partial charge in [0.2, 0.25) is 5.91 Å². The van der Waals surface area contributed by atoms with Crippen molar-refractivity contribution in [3.63, 3.8) is 0 Å². The maximum atomic E-state index is 12.9. The molecule has 0 bridgehead atoms. The molecule has 0 spiro atoms. The van der Waals surface area contributed by atoms with Gasteiger partial charge in [-0.3, -0.25) is 4.79 Å². The SMILES string of the molecule is CCN(C(=O)C1CCN(C(=O)NC2CCCCC2)CC1)c1ccccc1. The number of carbonyl (C=O) groups excluding carboxylic acids is 2. The third kappa shape index (κ3) is 4.57. The van der Waals surface area contributed by atoms with E-state index in [4.69, 9.17) is 0 Å². The average Bonchev–Trinajstić information content (AvgIpc) is 2.70. The zero-order chi connectivity index (χ0) is 18.4. The summed E-state index contributed by atoms with van der Waals surface area (Å²) in [4.78, 5) is 29.2. The van der Waals surface area contributed by atoms with Crippen molar-refractivity contribution in [1.82, 2.24) is 10.2 Å². The van der Waals surface area contributed by atoms with E-state index in [0.717, 1.165) is 31.4 Å². The molecule has 1 aromatic rings. The van der Waals surface area contributed by atoms with E-state index in [2.05, 4.69) is 5.32 Å². The largest absolute Gasteiger partial charge is 0.335 e. The number of anilines is 1. The topological polar surface area (TPSA) is 52.7 Å². The van der Waals surface area contributed by atoms with E-state index in [1.54, 1.807) is 0 Å². The molecule has 1 aliphatic carbocycles. The molecule has 0 aromatic heterocycles. The van der Waals surface area contributed by atoms with Crippen molar-refractivity contribution >= 4 is 17.6 Å². The number of para-hydroxylation sites is 1. The van der Waals surface area contributed by atoms with Gasteiger partial charge in [0, 0.05) is 37.3 Å². The van der Waals surface area contributed by atoms with Crippen molar-refractivity contribution < 1.29 is 9.59 Å². The third-order valence-corrected chi connectivity index (χ3v) is 5.71. The number of hydrogen-bond donors (Lipinski definition) is 1. The molecule has 1 saturated carbocycles. The molecular formula is C21H31N3O2. The summed E-state index contributed by atoms with van der Waals surface area (Å²) in [6.45, 7) is 4.02. The van der Waals surface area contributed by atoms with Crippen molar-refractivity contribution in [3.05, 3.63) is 30.3 Å². The number of piperidine rings is 1.